The summed E-state index contributed by atoms with van der Waals surface area (Å²) < 4.78 is 0. The second-order valence-electron chi connectivity index (χ2n) is 14.7. The van der Waals surface area contributed by atoms with Gasteiger partial charge in [0, 0.05) is 22.6 Å². The summed E-state index contributed by atoms with van der Waals surface area (Å²) in [6.07, 6.45) is 5.43. The summed E-state index contributed by atoms with van der Waals surface area (Å²) in [4.78, 5) is 15.5. The second kappa shape index (κ2) is 14.3. The first-order chi connectivity index (χ1) is 28.2. The zero-order valence-electron chi connectivity index (χ0n) is 31.1. The first-order valence-corrected chi connectivity index (χ1v) is 19.3. The molecule has 4 heteroatoms. The first-order valence-electron chi connectivity index (χ1n) is 19.3. The highest BCUT2D eigenvalue weighted by Gasteiger charge is 2.48. The average Bonchev–Trinajstić information content (AvgIpc) is 3.60. The van der Waals surface area contributed by atoms with E-state index in [9.17, 15) is 5.26 Å². The van der Waals surface area contributed by atoms with E-state index in [4.69, 9.17) is 15.0 Å². The molecule has 1 atom stereocenters. The van der Waals surface area contributed by atoms with Crippen molar-refractivity contribution in [3.8, 4) is 51.4 Å². The standard InChI is InChI=1S/C53H36N4/c54-35-36-15-13-20-39(31-36)41-27-29-46-47-30-28-43(34-49(47)53(48(46)33-41,44-23-9-3-10-24-44)45-25-11-4-12-26-45)52-56-50(38-18-7-2-8-19-38)55-51(57-52)42-22-14-21-40(32-42)37-16-5-1-6-17-37/h1-32,34,41H,33H2. The number of nitrogens with zero attached hydrogens (tertiary/aromatic N) is 4. The van der Waals surface area contributed by atoms with Crippen LogP contribution >= 0.6 is 0 Å². The van der Waals surface area contributed by atoms with Gasteiger partial charge in [0.05, 0.1) is 17.0 Å². The van der Waals surface area contributed by atoms with Gasteiger partial charge in [0.1, 0.15) is 0 Å². The Kier molecular flexibility index (Phi) is 8.54. The van der Waals surface area contributed by atoms with Crippen LogP contribution in [0.25, 0.3) is 50.9 Å². The van der Waals surface area contributed by atoms with Gasteiger partial charge >= 0.3 is 0 Å². The molecule has 4 nitrogen and oxygen atoms in total. The molecular formula is C53H36N4. The third kappa shape index (κ3) is 5.98. The number of nitriles is 1. The Bertz CT molecular complexity index is 2830. The van der Waals surface area contributed by atoms with Crippen molar-refractivity contribution in [2.45, 2.75) is 17.8 Å². The van der Waals surface area contributed by atoms with Gasteiger partial charge in [0.2, 0.25) is 0 Å². The number of rotatable bonds is 7. The summed E-state index contributed by atoms with van der Waals surface area (Å²) >= 11 is 0. The molecule has 57 heavy (non-hydrogen) atoms. The Balaban J connectivity index is 1.17. The van der Waals surface area contributed by atoms with Crippen LogP contribution in [0.4, 0.5) is 0 Å². The van der Waals surface area contributed by atoms with Crippen molar-refractivity contribution in [2.24, 2.45) is 0 Å². The summed E-state index contributed by atoms with van der Waals surface area (Å²) in [7, 11) is 0. The van der Waals surface area contributed by atoms with Crippen LogP contribution in [0.5, 0.6) is 0 Å². The molecular weight excluding hydrogens is 693 g/mol. The third-order valence-corrected chi connectivity index (χ3v) is 11.4. The molecule has 0 saturated heterocycles. The zero-order chi connectivity index (χ0) is 38.2. The summed E-state index contributed by atoms with van der Waals surface area (Å²) in [5, 5.41) is 9.76. The van der Waals surface area contributed by atoms with Crippen LogP contribution in [0.3, 0.4) is 0 Å². The van der Waals surface area contributed by atoms with E-state index in [1.807, 2.05) is 42.5 Å². The molecule has 2 aliphatic carbocycles. The van der Waals surface area contributed by atoms with Crippen molar-refractivity contribution >= 4 is 5.57 Å². The van der Waals surface area contributed by atoms with Crippen molar-refractivity contribution in [2.75, 3.05) is 0 Å². The van der Waals surface area contributed by atoms with E-state index in [1.54, 1.807) is 0 Å². The fraction of sp³-hybridized carbons (Fsp3) is 0.0566. The van der Waals surface area contributed by atoms with Crippen LogP contribution in [0.1, 0.15) is 45.7 Å². The SMILES string of the molecule is N#Cc1cccc(C2C=CC3=C(C2)C(c2ccccc2)(c2ccccc2)c2cc(-c4nc(-c5ccccc5)nc(-c5cccc(-c6ccccc6)c5)n4)ccc23)c1. The molecule has 1 heterocycles. The van der Waals surface area contributed by atoms with Crippen molar-refractivity contribution in [3.63, 3.8) is 0 Å². The van der Waals surface area contributed by atoms with Gasteiger partial charge in [0.15, 0.2) is 17.5 Å². The molecule has 0 aliphatic heterocycles. The normalized spacial score (nSPS) is 15.1. The van der Waals surface area contributed by atoms with E-state index in [2.05, 4.69) is 164 Å². The van der Waals surface area contributed by atoms with Gasteiger partial charge < -0.3 is 0 Å². The van der Waals surface area contributed by atoms with Crippen LogP contribution in [-0.4, -0.2) is 15.0 Å². The van der Waals surface area contributed by atoms with Crippen LogP contribution < -0.4 is 0 Å². The molecule has 268 valence electrons. The molecule has 0 saturated carbocycles. The smallest absolute Gasteiger partial charge is 0.164 e. The number of allylic oxidation sites excluding steroid dienone is 4. The molecule has 1 aromatic heterocycles. The minimum Gasteiger partial charge on any atom is -0.208 e. The van der Waals surface area contributed by atoms with Gasteiger partial charge in [-0.25, -0.2) is 15.0 Å². The highest BCUT2D eigenvalue weighted by Crippen LogP contribution is 2.59. The maximum Gasteiger partial charge on any atom is 0.164 e. The Hall–Kier alpha value is -7.48. The number of benzene rings is 7. The highest BCUT2D eigenvalue weighted by molar-refractivity contribution is 5.92. The molecule has 10 rings (SSSR count). The van der Waals surface area contributed by atoms with Gasteiger partial charge in [0.25, 0.3) is 0 Å². The van der Waals surface area contributed by atoms with Gasteiger partial charge in [-0.3, -0.25) is 0 Å². The lowest BCUT2D eigenvalue weighted by atomic mass is 9.64. The maximum atomic E-state index is 9.76. The van der Waals surface area contributed by atoms with E-state index >= 15 is 0 Å². The quantitative estimate of drug-likeness (QED) is 0.164. The predicted molar refractivity (Wildman–Crippen MR) is 229 cm³/mol. The molecule has 0 N–H and O–H groups in total. The molecule has 0 radical (unpaired) electrons. The van der Waals surface area contributed by atoms with Gasteiger partial charge in [-0.2, -0.15) is 5.26 Å². The molecule has 7 aromatic carbocycles. The minimum atomic E-state index is -0.582. The van der Waals surface area contributed by atoms with E-state index in [-0.39, 0.29) is 5.92 Å². The summed E-state index contributed by atoms with van der Waals surface area (Å²) in [6.45, 7) is 0. The fourth-order valence-electron chi connectivity index (χ4n) is 8.80. The van der Waals surface area contributed by atoms with E-state index in [0.29, 0.717) is 23.0 Å². The lowest BCUT2D eigenvalue weighted by Gasteiger charge is -2.38. The van der Waals surface area contributed by atoms with Crippen molar-refractivity contribution < 1.29 is 0 Å². The van der Waals surface area contributed by atoms with Crippen molar-refractivity contribution in [1.29, 1.82) is 5.26 Å². The van der Waals surface area contributed by atoms with Crippen LogP contribution in [0.2, 0.25) is 0 Å². The Labute approximate surface area is 332 Å². The van der Waals surface area contributed by atoms with Crippen LogP contribution in [0.15, 0.2) is 206 Å². The Morgan fingerprint density at radius 2 is 1.04 bits per heavy atom. The lowest BCUT2D eigenvalue weighted by molar-refractivity contribution is 0.666. The second-order valence-corrected chi connectivity index (χ2v) is 14.7. The topological polar surface area (TPSA) is 62.5 Å². The minimum absolute atomic E-state index is 0.115. The monoisotopic (exact) mass is 728 g/mol. The van der Waals surface area contributed by atoms with Gasteiger partial charge in [-0.15, -0.1) is 0 Å². The van der Waals surface area contributed by atoms with E-state index < -0.39 is 5.41 Å². The number of aromatic nitrogens is 3. The summed E-state index contributed by atoms with van der Waals surface area (Å²) in [5.74, 6) is 1.98. The summed E-state index contributed by atoms with van der Waals surface area (Å²) in [6, 6.07) is 67.9. The number of fused-ring (bicyclic) bond motifs is 2. The van der Waals surface area contributed by atoms with Crippen molar-refractivity contribution in [1.82, 2.24) is 15.0 Å². The number of hydrogen-bond donors (Lipinski definition) is 0. The molecule has 0 amide bonds. The molecule has 1 unspecified atom stereocenters. The fourth-order valence-corrected chi connectivity index (χ4v) is 8.80. The van der Waals surface area contributed by atoms with E-state index in [1.165, 1.54) is 33.4 Å². The average molecular weight is 729 g/mol. The molecule has 8 aromatic rings. The molecule has 0 fully saturated rings. The molecule has 0 spiro atoms. The number of hydrogen-bond acceptors (Lipinski definition) is 4. The van der Waals surface area contributed by atoms with Gasteiger partial charge in [-0.05, 0) is 80.8 Å². The first kappa shape index (κ1) is 34.0. The Morgan fingerprint density at radius 1 is 0.491 bits per heavy atom. The third-order valence-electron chi connectivity index (χ3n) is 11.4. The van der Waals surface area contributed by atoms with Crippen LogP contribution in [0, 0.1) is 11.3 Å². The van der Waals surface area contributed by atoms with E-state index in [0.717, 1.165) is 39.8 Å². The highest BCUT2D eigenvalue weighted by atomic mass is 15.0. The Morgan fingerprint density at radius 3 is 1.68 bits per heavy atom. The molecule has 2 aliphatic rings. The summed E-state index contributed by atoms with van der Waals surface area (Å²) in [5.41, 5.74) is 13.7. The predicted octanol–water partition coefficient (Wildman–Crippen LogP) is 12.3. The van der Waals surface area contributed by atoms with Crippen molar-refractivity contribution in [3.05, 3.63) is 239 Å². The zero-order valence-corrected chi connectivity index (χ0v) is 31.1. The maximum absolute atomic E-state index is 9.76. The lowest BCUT2D eigenvalue weighted by Crippen LogP contribution is -2.31. The molecule has 0 bridgehead atoms. The largest absolute Gasteiger partial charge is 0.208 e. The van der Waals surface area contributed by atoms with Crippen LogP contribution in [-0.2, 0) is 5.41 Å². The van der Waals surface area contributed by atoms with Gasteiger partial charge in [-0.1, -0.05) is 176 Å².